The van der Waals surface area contributed by atoms with Gasteiger partial charge in [0.15, 0.2) is 0 Å². The number of nitrogens with one attached hydrogen (secondary N) is 3. The maximum atomic E-state index is 16.7. The molecule has 5 aliphatic rings. The number of hydrogen-bond donors (Lipinski definition) is 4. The Morgan fingerprint density at radius 3 is 2.26 bits per heavy atom. The highest BCUT2D eigenvalue weighted by atomic mass is 19.3. The third-order valence-electron chi connectivity index (χ3n) is 15.1. The summed E-state index contributed by atoms with van der Waals surface area (Å²) in [5.74, 6) is -3.87. The number of carbonyl (C=O) groups excluding carboxylic acids is 4. The number of alkyl halides is 2. The summed E-state index contributed by atoms with van der Waals surface area (Å²) in [5, 5.41) is 12.0. The molecule has 5 aromatic rings. The van der Waals surface area contributed by atoms with E-state index in [2.05, 4.69) is 20.3 Å². The molecule has 4 heterocycles. The Labute approximate surface area is 375 Å². The van der Waals surface area contributed by atoms with Crippen LogP contribution in [0.4, 0.5) is 8.78 Å². The zero-order chi connectivity index (χ0) is 45.7. The molecule has 4 N–H and O–H groups in total. The summed E-state index contributed by atoms with van der Waals surface area (Å²) in [6, 6.07) is 14.6. The quantitative estimate of drug-likeness (QED) is 0.0919. The fourth-order valence-electron chi connectivity index (χ4n) is 11.3. The Kier molecular flexibility index (Phi) is 10.5. The number of aliphatic hydroxyl groups excluding tert-OH is 1. The summed E-state index contributed by atoms with van der Waals surface area (Å²) < 4.78 is 38.3. The molecule has 2 saturated carbocycles. The molecule has 2 saturated heterocycles. The van der Waals surface area contributed by atoms with E-state index in [1.54, 1.807) is 29.3 Å². The zero-order valence-electron chi connectivity index (χ0n) is 37.3. The summed E-state index contributed by atoms with van der Waals surface area (Å²) in [7, 11) is 1.34. The maximum Gasteiger partial charge on any atom is 0.306 e. The van der Waals surface area contributed by atoms with E-state index in [1.165, 1.54) is 13.2 Å². The fourth-order valence-corrected chi connectivity index (χ4v) is 11.3. The van der Waals surface area contributed by atoms with Crippen molar-refractivity contribution in [3.63, 3.8) is 0 Å². The number of hydrogen-bond acceptors (Lipinski definition) is 8. The lowest BCUT2D eigenvalue weighted by Crippen LogP contribution is -2.51. The molecular weight excluding hydrogens is 833 g/mol. The number of amides is 3. The first-order valence-corrected chi connectivity index (χ1v) is 22.9. The first-order valence-electron chi connectivity index (χ1n) is 22.9. The van der Waals surface area contributed by atoms with Crippen molar-refractivity contribution in [1.82, 2.24) is 35.1 Å². The Hall–Kier alpha value is -5.96. The standard InChI is InChI=1S/C50H55F2N7O6/c1-25(2)34(20-42(62)65-5)47(63)59-31-10-6-30(16-31)44(59)46-54-37-13-9-28(19-38(37)55-46)27-7-11-32-33-12-8-29(18-36(33)50(51,52)35(32)17-27)39-22-53-45(56-39)40-21-49(14-15-49)24-58(40)48(64)43(26(3)4)57-41(61)23-60/h7-9,11-13,17-19,22,25-26,30-31,34,40,43-44,60H,6,10,14-16,20-21,23-24H2,1-5H3,(H,53,56)(H,54,55)(H,57,61)/t30-,31+,34-,40-,43-,44-/m0/s1. The third kappa shape index (κ3) is 7.30. The highest BCUT2D eigenvalue weighted by Gasteiger charge is 2.56. The Bertz CT molecular complexity index is 2740. The molecule has 3 aliphatic carbocycles. The first-order chi connectivity index (χ1) is 31.1. The lowest BCUT2D eigenvalue weighted by molar-refractivity contribution is -0.150. The average molecular weight is 888 g/mol. The topological polar surface area (TPSA) is 174 Å². The molecule has 4 fully saturated rings. The Morgan fingerprint density at radius 2 is 1.58 bits per heavy atom. The molecule has 3 aromatic carbocycles. The molecule has 0 unspecified atom stereocenters. The van der Waals surface area contributed by atoms with Crippen LogP contribution >= 0.6 is 0 Å². The smallest absolute Gasteiger partial charge is 0.306 e. The second kappa shape index (κ2) is 15.9. The number of benzene rings is 3. The summed E-state index contributed by atoms with van der Waals surface area (Å²) in [4.78, 5) is 72.8. The SMILES string of the molecule is COC(=O)C[C@H](C(=O)N1[C@@H]2CC[C@@H](C2)[C@H]1c1nc2ccc(-c3ccc4c(c3)C(F)(F)c3cc(-c5cnc([C@@H]6CC7(CC7)CN6C(=O)[C@@H](NC(=O)CO)C(C)C)[nH]5)ccc3-4)cc2[nH]1)C(C)C. The third-order valence-corrected chi connectivity index (χ3v) is 15.1. The minimum absolute atomic E-state index is 0.00607. The highest BCUT2D eigenvalue weighted by Crippen LogP contribution is 2.59. The number of imidazole rings is 2. The summed E-state index contributed by atoms with van der Waals surface area (Å²) >= 11 is 0. The van der Waals surface area contributed by atoms with E-state index in [-0.39, 0.29) is 70.7 Å². The van der Waals surface area contributed by atoms with Crippen molar-refractivity contribution in [1.29, 1.82) is 0 Å². The van der Waals surface area contributed by atoms with Crippen LogP contribution in [-0.2, 0) is 29.8 Å². The summed E-state index contributed by atoms with van der Waals surface area (Å²) in [6.07, 6.45) is 7.11. The number of aliphatic hydroxyl groups is 1. The normalized spacial score (nSPS) is 23.0. The highest BCUT2D eigenvalue weighted by molar-refractivity contribution is 5.90. The molecule has 15 heteroatoms. The molecule has 1 spiro atoms. The van der Waals surface area contributed by atoms with Gasteiger partial charge in [0.1, 0.15) is 24.3 Å². The number of methoxy groups -OCH3 is 1. The van der Waals surface area contributed by atoms with Crippen molar-refractivity contribution >= 4 is 34.7 Å². The van der Waals surface area contributed by atoms with Crippen LogP contribution in [0.2, 0.25) is 0 Å². The lowest BCUT2D eigenvalue weighted by Gasteiger charge is -2.37. The summed E-state index contributed by atoms with van der Waals surface area (Å²) in [5.41, 5.74) is 4.67. The Balaban J connectivity index is 0.896. The van der Waals surface area contributed by atoms with Crippen molar-refractivity contribution in [2.45, 2.75) is 103 Å². The van der Waals surface area contributed by atoms with E-state index in [0.717, 1.165) is 43.2 Å². The van der Waals surface area contributed by atoms with Crippen LogP contribution in [0.5, 0.6) is 0 Å². The molecule has 2 aliphatic heterocycles. The fraction of sp³-hybridized carbons (Fsp3) is 0.480. The van der Waals surface area contributed by atoms with Gasteiger partial charge >= 0.3 is 5.97 Å². The maximum absolute atomic E-state index is 16.7. The minimum atomic E-state index is -3.29. The van der Waals surface area contributed by atoms with E-state index < -0.39 is 36.4 Å². The van der Waals surface area contributed by atoms with Crippen LogP contribution < -0.4 is 5.32 Å². The van der Waals surface area contributed by atoms with Gasteiger partial charge in [-0.2, -0.15) is 8.78 Å². The van der Waals surface area contributed by atoms with Crippen LogP contribution in [0.1, 0.15) is 108 Å². The number of halogens is 2. The number of ether oxygens (including phenoxy) is 1. The minimum Gasteiger partial charge on any atom is -0.469 e. The predicted molar refractivity (Wildman–Crippen MR) is 238 cm³/mol. The molecule has 2 bridgehead atoms. The van der Waals surface area contributed by atoms with Gasteiger partial charge in [0.05, 0.1) is 54.5 Å². The molecule has 2 aromatic heterocycles. The number of likely N-dealkylation sites (tertiary alicyclic amines) is 2. The lowest BCUT2D eigenvalue weighted by atomic mass is 9.89. The zero-order valence-corrected chi connectivity index (χ0v) is 37.3. The van der Waals surface area contributed by atoms with Gasteiger partial charge in [-0.1, -0.05) is 58.0 Å². The number of carbonyl (C=O) groups is 4. The van der Waals surface area contributed by atoms with Gasteiger partial charge in [0.2, 0.25) is 17.7 Å². The molecular formula is C50H55F2N7O6. The van der Waals surface area contributed by atoms with E-state index >= 15 is 8.78 Å². The molecule has 340 valence electrons. The average Bonchev–Trinajstić information content (AvgIpc) is 3.95. The molecule has 6 atom stereocenters. The van der Waals surface area contributed by atoms with Crippen molar-refractivity contribution in [2.24, 2.45) is 29.1 Å². The Morgan fingerprint density at radius 1 is 0.892 bits per heavy atom. The number of aromatic amines is 2. The van der Waals surface area contributed by atoms with Gasteiger partial charge in [0.25, 0.3) is 5.92 Å². The van der Waals surface area contributed by atoms with E-state index in [4.69, 9.17) is 9.72 Å². The number of piperidine rings is 1. The van der Waals surface area contributed by atoms with Gasteiger partial charge in [-0.25, -0.2) is 9.97 Å². The van der Waals surface area contributed by atoms with Gasteiger partial charge in [0, 0.05) is 29.3 Å². The molecule has 10 rings (SSSR count). The van der Waals surface area contributed by atoms with Crippen molar-refractivity contribution in [3.05, 3.63) is 83.6 Å². The second-order valence-electron chi connectivity index (χ2n) is 19.8. The van der Waals surface area contributed by atoms with Crippen LogP contribution in [-0.4, -0.2) is 90.9 Å². The number of fused-ring (bicyclic) bond motifs is 6. The van der Waals surface area contributed by atoms with Gasteiger partial charge in [-0.05, 0) is 108 Å². The second-order valence-corrected chi connectivity index (χ2v) is 19.8. The van der Waals surface area contributed by atoms with Gasteiger partial charge in [-0.15, -0.1) is 0 Å². The molecule has 13 nitrogen and oxygen atoms in total. The van der Waals surface area contributed by atoms with Crippen LogP contribution in [0.15, 0.2) is 60.8 Å². The number of H-pyrrole nitrogens is 2. The first kappa shape index (κ1) is 43.0. The largest absolute Gasteiger partial charge is 0.469 e. The molecule has 0 radical (unpaired) electrons. The van der Waals surface area contributed by atoms with E-state index in [0.29, 0.717) is 58.1 Å². The molecule has 65 heavy (non-hydrogen) atoms. The number of aromatic nitrogens is 4. The van der Waals surface area contributed by atoms with E-state index in [1.807, 2.05) is 62.9 Å². The van der Waals surface area contributed by atoms with E-state index in [9.17, 15) is 24.3 Å². The van der Waals surface area contributed by atoms with Crippen LogP contribution in [0.25, 0.3) is 44.5 Å². The summed E-state index contributed by atoms with van der Waals surface area (Å²) in [6.45, 7) is 7.42. The van der Waals surface area contributed by atoms with Crippen molar-refractivity contribution < 1.29 is 37.8 Å². The van der Waals surface area contributed by atoms with Crippen LogP contribution in [0, 0.1) is 29.1 Å². The van der Waals surface area contributed by atoms with Crippen molar-refractivity contribution in [3.8, 4) is 33.5 Å². The predicted octanol–water partition coefficient (Wildman–Crippen LogP) is 7.81. The van der Waals surface area contributed by atoms with Crippen molar-refractivity contribution in [2.75, 3.05) is 20.3 Å². The molecule has 3 amide bonds. The van der Waals surface area contributed by atoms with Gasteiger partial charge < -0.3 is 34.9 Å². The number of nitrogens with zero attached hydrogens (tertiary/aromatic N) is 4. The van der Waals surface area contributed by atoms with Gasteiger partial charge in [-0.3, -0.25) is 19.2 Å². The number of esters is 1. The van der Waals surface area contributed by atoms with Crippen LogP contribution in [0.3, 0.4) is 0 Å². The number of rotatable bonds is 12. The monoisotopic (exact) mass is 887 g/mol.